The molecule has 108 valence electrons. The number of rotatable bonds is 3. The van der Waals surface area contributed by atoms with Crippen LogP contribution in [-0.4, -0.2) is 11.2 Å². The summed E-state index contributed by atoms with van der Waals surface area (Å²) in [4.78, 5) is 13.7. The van der Waals surface area contributed by atoms with E-state index < -0.39 is 0 Å². The summed E-state index contributed by atoms with van der Waals surface area (Å²) in [7, 11) is 0. The molecule has 0 radical (unpaired) electrons. The second-order valence-electron chi connectivity index (χ2n) is 5.07. The third kappa shape index (κ3) is 3.11. The molecule has 0 aromatic heterocycles. The van der Waals surface area contributed by atoms with E-state index in [1.54, 1.807) is 0 Å². The molecule has 0 amide bonds. The first-order chi connectivity index (χ1) is 10.1. The van der Waals surface area contributed by atoms with Crippen molar-refractivity contribution >= 4 is 52.1 Å². The van der Waals surface area contributed by atoms with Gasteiger partial charge in [0.15, 0.2) is 0 Å². The van der Waals surface area contributed by atoms with Gasteiger partial charge >= 0.3 is 0 Å². The van der Waals surface area contributed by atoms with Gasteiger partial charge in [-0.3, -0.25) is 4.90 Å². The number of carbonyl (C=O) groups excluding carboxylic acids is 1. The number of halogens is 3. The van der Waals surface area contributed by atoms with Gasteiger partial charge in [-0.2, -0.15) is 0 Å². The second-order valence-corrected chi connectivity index (χ2v) is 7.11. The van der Waals surface area contributed by atoms with Crippen LogP contribution in [0.4, 0.5) is 0 Å². The van der Waals surface area contributed by atoms with E-state index in [1.165, 1.54) is 0 Å². The Bertz CT molecular complexity index is 687. The fourth-order valence-electron chi connectivity index (χ4n) is 2.73. The Hall–Kier alpha value is -0.620. The molecule has 0 N–H and O–H groups in total. The largest absolute Gasteiger partial charge is 0.301 e. The zero-order valence-corrected chi connectivity index (χ0v) is 14.7. The number of carbonyl (C=O) groups is 1. The summed E-state index contributed by atoms with van der Waals surface area (Å²) in [5.74, 6) is 0. The summed E-state index contributed by atoms with van der Waals surface area (Å²) in [6, 6.07) is 11.4. The van der Waals surface area contributed by atoms with Crippen molar-refractivity contribution in [1.82, 2.24) is 4.90 Å². The number of benzene rings is 2. The Kier molecular flexibility index (Phi) is 4.54. The fourth-order valence-corrected chi connectivity index (χ4v) is 4.28. The molecule has 2 aromatic carbocycles. The molecule has 0 saturated carbocycles. The molecular formula is C16H12Cl2INO. The van der Waals surface area contributed by atoms with Gasteiger partial charge < -0.3 is 4.79 Å². The molecule has 2 nitrogen and oxygen atoms in total. The first kappa shape index (κ1) is 15.3. The van der Waals surface area contributed by atoms with Crippen molar-refractivity contribution in [1.29, 1.82) is 0 Å². The smallest absolute Gasteiger partial charge is 0.141 e. The van der Waals surface area contributed by atoms with Gasteiger partial charge in [-0.25, -0.2) is 0 Å². The van der Waals surface area contributed by atoms with E-state index in [4.69, 9.17) is 23.2 Å². The van der Waals surface area contributed by atoms with Gasteiger partial charge in [-0.15, -0.1) is 0 Å². The number of hydrogen-bond acceptors (Lipinski definition) is 2. The molecule has 21 heavy (non-hydrogen) atoms. The van der Waals surface area contributed by atoms with Crippen molar-refractivity contribution in [3.63, 3.8) is 0 Å². The standard InChI is InChI=1S/C16H12Cl2INO/c17-12-3-1-10(2-4-12)7-20-8-11-5-13(18)6-14(19)16(11)15(20)9-21/h1-6,9,15H,7-8H2. The van der Waals surface area contributed by atoms with Gasteiger partial charge in [0.05, 0.1) is 6.04 Å². The summed E-state index contributed by atoms with van der Waals surface area (Å²) in [5.41, 5.74) is 3.36. The highest BCUT2D eigenvalue weighted by Crippen LogP contribution is 2.38. The van der Waals surface area contributed by atoms with Crippen LogP contribution >= 0.6 is 45.8 Å². The summed E-state index contributed by atoms with van der Waals surface area (Å²) in [5, 5.41) is 1.44. The first-order valence-electron chi connectivity index (χ1n) is 6.50. The Labute approximate surface area is 147 Å². The van der Waals surface area contributed by atoms with Crippen LogP contribution < -0.4 is 0 Å². The molecule has 1 unspecified atom stereocenters. The SMILES string of the molecule is O=CC1c2c(I)cc(Cl)cc2CN1Cc1ccc(Cl)cc1. The quantitative estimate of drug-likeness (QED) is 0.511. The van der Waals surface area contributed by atoms with Gasteiger partial charge in [0.25, 0.3) is 0 Å². The number of fused-ring (bicyclic) bond motifs is 1. The minimum atomic E-state index is -0.208. The van der Waals surface area contributed by atoms with Gasteiger partial charge in [-0.1, -0.05) is 35.3 Å². The highest BCUT2D eigenvalue weighted by molar-refractivity contribution is 14.1. The summed E-state index contributed by atoms with van der Waals surface area (Å²) >= 11 is 14.3. The van der Waals surface area contributed by atoms with Crippen LogP contribution in [0, 0.1) is 3.57 Å². The van der Waals surface area contributed by atoms with E-state index in [9.17, 15) is 4.79 Å². The molecule has 1 aliphatic rings. The fraction of sp³-hybridized carbons (Fsp3) is 0.188. The lowest BCUT2D eigenvalue weighted by Crippen LogP contribution is -2.22. The summed E-state index contributed by atoms with van der Waals surface area (Å²) in [6.45, 7) is 1.45. The van der Waals surface area contributed by atoms with Crippen molar-refractivity contribution in [2.45, 2.75) is 19.1 Å². The highest BCUT2D eigenvalue weighted by Gasteiger charge is 2.32. The average molecular weight is 432 g/mol. The third-order valence-electron chi connectivity index (χ3n) is 3.67. The Morgan fingerprint density at radius 3 is 2.57 bits per heavy atom. The molecule has 0 spiro atoms. The number of nitrogens with zero attached hydrogens (tertiary/aromatic N) is 1. The van der Waals surface area contributed by atoms with Gasteiger partial charge in [0.1, 0.15) is 6.29 Å². The molecule has 0 bridgehead atoms. The van der Waals surface area contributed by atoms with E-state index in [0.29, 0.717) is 6.54 Å². The van der Waals surface area contributed by atoms with Crippen LogP contribution in [0.5, 0.6) is 0 Å². The van der Waals surface area contributed by atoms with Crippen molar-refractivity contribution in [2.75, 3.05) is 0 Å². The molecule has 1 atom stereocenters. The normalized spacial score (nSPS) is 17.8. The Balaban J connectivity index is 1.90. The molecule has 0 saturated heterocycles. The lowest BCUT2D eigenvalue weighted by molar-refractivity contribution is -0.112. The number of aldehydes is 1. The topological polar surface area (TPSA) is 20.3 Å². The maximum Gasteiger partial charge on any atom is 0.141 e. The molecule has 1 aliphatic heterocycles. The van der Waals surface area contributed by atoms with Crippen molar-refractivity contribution in [3.05, 3.63) is 66.7 Å². The Morgan fingerprint density at radius 1 is 1.19 bits per heavy atom. The minimum Gasteiger partial charge on any atom is -0.301 e. The second kappa shape index (κ2) is 6.24. The zero-order valence-electron chi connectivity index (χ0n) is 11.0. The summed E-state index contributed by atoms with van der Waals surface area (Å²) in [6.07, 6.45) is 1.01. The van der Waals surface area contributed by atoms with Crippen LogP contribution in [0.2, 0.25) is 10.0 Å². The number of hydrogen-bond donors (Lipinski definition) is 0. The van der Waals surface area contributed by atoms with Gasteiger partial charge in [0, 0.05) is 26.7 Å². The molecular weight excluding hydrogens is 420 g/mol. The predicted octanol–water partition coefficient (Wildman–Crippen LogP) is 4.85. The van der Waals surface area contributed by atoms with Gasteiger partial charge in [-0.05, 0) is 63.5 Å². The molecule has 5 heteroatoms. The molecule has 0 fully saturated rings. The zero-order chi connectivity index (χ0) is 15.0. The molecule has 3 rings (SSSR count). The van der Waals surface area contributed by atoms with Crippen molar-refractivity contribution < 1.29 is 4.79 Å². The monoisotopic (exact) mass is 431 g/mol. The van der Waals surface area contributed by atoms with Crippen LogP contribution in [0.25, 0.3) is 0 Å². The summed E-state index contributed by atoms with van der Waals surface area (Å²) < 4.78 is 1.05. The minimum absolute atomic E-state index is 0.208. The maximum absolute atomic E-state index is 11.6. The van der Waals surface area contributed by atoms with Crippen LogP contribution in [0.1, 0.15) is 22.7 Å². The van der Waals surface area contributed by atoms with E-state index in [2.05, 4.69) is 27.5 Å². The van der Waals surface area contributed by atoms with E-state index in [-0.39, 0.29) is 6.04 Å². The predicted molar refractivity (Wildman–Crippen MR) is 93.7 cm³/mol. The molecule has 1 heterocycles. The lowest BCUT2D eigenvalue weighted by atomic mass is 10.1. The van der Waals surface area contributed by atoms with E-state index >= 15 is 0 Å². The van der Waals surface area contributed by atoms with Crippen molar-refractivity contribution in [2.24, 2.45) is 0 Å². The average Bonchev–Trinajstić information content (AvgIpc) is 2.78. The van der Waals surface area contributed by atoms with Crippen molar-refractivity contribution in [3.8, 4) is 0 Å². The maximum atomic E-state index is 11.6. The first-order valence-corrected chi connectivity index (χ1v) is 8.33. The van der Waals surface area contributed by atoms with E-state index in [1.807, 2.05) is 36.4 Å². The molecule has 0 aliphatic carbocycles. The highest BCUT2D eigenvalue weighted by atomic mass is 127. The van der Waals surface area contributed by atoms with Gasteiger partial charge in [0.2, 0.25) is 0 Å². The van der Waals surface area contributed by atoms with Crippen LogP contribution in [0.3, 0.4) is 0 Å². The molecule has 2 aromatic rings. The third-order valence-corrected chi connectivity index (χ3v) is 5.03. The van der Waals surface area contributed by atoms with Crippen LogP contribution in [0.15, 0.2) is 36.4 Å². The lowest BCUT2D eigenvalue weighted by Gasteiger charge is -2.20. The Morgan fingerprint density at radius 2 is 1.90 bits per heavy atom. The van der Waals surface area contributed by atoms with Crippen LogP contribution in [-0.2, 0) is 17.9 Å². The van der Waals surface area contributed by atoms with E-state index in [0.717, 1.165) is 43.1 Å².